The number of nitrogens with two attached hydrogens (primary N) is 2. The van der Waals surface area contributed by atoms with E-state index in [0.717, 1.165) is 10.0 Å². The molecule has 7 heteroatoms. The van der Waals surface area contributed by atoms with Gasteiger partial charge in [0.05, 0.1) is 20.2 Å². The van der Waals surface area contributed by atoms with E-state index in [2.05, 4.69) is 15.9 Å². The zero-order valence-corrected chi connectivity index (χ0v) is 12.1. The minimum absolute atomic E-state index is 0.0351. The SMILES string of the molecule is COc1ccc(Br)c(CN(CC(N)=O)CC(N)=O)c1. The molecule has 2 amide bonds. The third-order valence-electron chi connectivity index (χ3n) is 2.41. The van der Waals surface area contributed by atoms with Crippen molar-refractivity contribution in [1.29, 1.82) is 0 Å². The summed E-state index contributed by atoms with van der Waals surface area (Å²) in [5, 5.41) is 0. The Morgan fingerprint density at radius 2 is 1.84 bits per heavy atom. The molecule has 0 saturated heterocycles. The molecule has 1 aromatic rings. The summed E-state index contributed by atoms with van der Waals surface area (Å²) in [6, 6.07) is 5.46. The Labute approximate surface area is 119 Å². The number of carbonyl (C=O) groups is 2. The monoisotopic (exact) mass is 329 g/mol. The molecule has 0 aliphatic heterocycles. The second-order valence-electron chi connectivity index (χ2n) is 4.04. The summed E-state index contributed by atoms with van der Waals surface area (Å²) in [6.07, 6.45) is 0. The molecular weight excluding hydrogens is 314 g/mol. The number of hydrogen-bond donors (Lipinski definition) is 2. The van der Waals surface area contributed by atoms with E-state index in [4.69, 9.17) is 16.2 Å². The minimum atomic E-state index is -0.514. The number of primary amides is 2. The Hall–Kier alpha value is -1.60. The van der Waals surface area contributed by atoms with Gasteiger partial charge in [0.1, 0.15) is 5.75 Å². The van der Waals surface area contributed by atoms with Gasteiger partial charge in [-0.15, -0.1) is 0 Å². The molecule has 0 radical (unpaired) electrons. The first-order chi connectivity index (χ1) is 8.92. The number of ether oxygens (including phenoxy) is 1. The summed E-state index contributed by atoms with van der Waals surface area (Å²) >= 11 is 3.41. The van der Waals surface area contributed by atoms with E-state index >= 15 is 0 Å². The van der Waals surface area contributed by atoms with E-state index < -0.39 is 11.8 Å². The minimum Gasteiger partial charge on any atom is -0.497 e. The summed E-state index contributed by atoms with van der Waals surface area (Å²) in [7, 11) is 1.57. The number of benzene rings is 1. The molecule has 1 rings (SSSR count). The topological polar surface area (TPSA) is 98.7 Å². The van der Waals surface area contributed by atoms with Crippen molar-refractivity contribution in [2.75, 3.05) is 20.2 Å². The summed E-state index contributed by atoms with van der Waals surface area (Å²) in [4.78, 5) is 23.5. The van der Waals surface area contributed by atoms with Gasteiger partial charge in [-0.05, 0) is 23.8 Å². The third-order valence-corrected chi connectivity index (χ3v) is 3.18. The van der Waals surface area contributed by atoms with Crippen LogP contribution in [0.1, 0.15) is 5.56 Å². The van der Waals surface area contributed by atoms with Gasteiger partial charge in [0.15, 0.2) is 0 Å². The van der Waals surface area contributed by atoms with Gasteiger partial charge in [-0.3, -0.25) is 14.5 Å². The fourth-order valence-corrected chi connectivity index (χ4v) is 2.02. The van der Waals surface area contributed by atoms with Crippen LogP contribution in [-0.2, 0) is 16.1 Å². The lowest BCUT2D eigenvalue weighted by atomic mass is 10.2. The van der Waals surface area contributed by atoms with E-state index in [1.54, 1.807) is 18.1 Å². The Bertz CT molecular complexity index is 463. The van der Waals surface area contributed by atoms with Crippen molar-refractivity contribution >= 4 is 27.7 Å². The lowest BCUT2D eigenvalue weighted by Crippen LogP contribution is -2.39. The van der Waals surface area contributed by atoms with E-state index in [9.17, 15) is 9.59 Å². The molecule has 0 aromatic heterocycles. The Balaban J connectivity index is 2.88. The van der Waals surface area contributed by atoms with E-state index in [-0.39, 0.29) is 13.1 Å². The maximum atomic E-state index is 11.0. The summed E-state index contributed by atoms with van der Waals surface area (Å²) in [5.41, 5.74) is 11.2. The van der Waals surface area contributed by atoms with Gasteiger partial charge in [-0.25, -0.2) is 0 Å². The van der Waals surface area contributed by atoms with Gasteiger partial charge >= 0.3 is 0 Å². The first-order valence-electron chi connectivity index (χ1n) is 5.53. The molecular formula is C12H16BrN3O3. The highest BCUT2D eigenvalue weighted by molar-refractivity contribution is 9.10. The average Bonchev–Trinajstić information content (AvgIpc) is 2.30. The fourth-order valence-electron chi connectivity index (χ4n) is 1.65. The highest BCUT2D eigenvalue weighted by atomic mass is 79.9. The Kier molecular flexibility index (Phi) is 5.78. The fraction of sp³-hybridized carbons (Fsp3) is 0.333. The number of carbonyl (C=O) groups excluding carboxylic acids is 2. The van der Waals surface area contributed by atoms with Crippen molar-refractivity contribution in [3.63, 3.8) is 0 Å². The van der Waals surface area contributed by atoms with Crippen LogP contribution < -0.4 is 16.2 Å². The quantitative estimate of drug-likeness (QED) is 0.748. The predicted molar refractivity (Wildman–Crippen MR) is 74.4 cm³/mol. The van der Waals surface area contributed by atoms with Crippen LogP contribution in [0.3, 0.4) is 0 Å². The van der Waals surface area contributed by atoms with Gasteiger partial charge < -0.3 is 16.2 Å². The van der Waals surface area contributed by atoms with E-state index in [1.165, 1.54) is 0 Å². The first kappa shape index (κ1) is 15.5. The second kappa shape index (κ2) is 7.10. The zero-order chi connectivity index (χ0) is 14.4. The predicted octanol–water partition coefficient (Wildman–Crippen LogP) is 0.230. The van der Waals surface area contributed by atoms with Crippen molar-refractivity contribution < 1.29 is 14.3 Å². The van der Waals surface area contributed by atoms with Crippen LogP contribution in [-0.4, -0.2) is 36.9 Å². The van der Waals surface area contributed by atoms with Gasteiger partial charge in [0.2, 0.25) is 11.8 Å². The van der Waals surface area contributed by atoms with Crippen molar-refractivity contribution in [3.8, 4) is 5.75 Å². The Morgan fingerprint density at radius 3 is 2.32 bits per heavy atom. The maximum absolute atomic E-state index is 11.0. The molecule has 0 bridgehead atoms. The molecule has 0 atom stereocenters. The molecule has 0 saturated carbocycles. The summed E-state index contributed by atoms with van der Waals surface area (Å²) < 4.78 is 5.98. The van der Waals surface area contributed by atoms with Crippen LogP contribution in [0.4, 0.5) is 0 Å². The van der Waals surface area contributed by atoms with Gasteiger partial charge in [-0.2, -0.15) is 0 Å². The van der Waals surface area contributed by atoms with Crippen molar-refractivity contribution in [1.82, 2.24) is 4.90 Å². The van der Waals surface area contributed by atoms with Crippen molar-refractivity contribution in [2.24, 2.45) is 11.5 Å². The maximum Gasteiger partial charge on any atom is 0.231 e. The molecule has 0 aliphatic rings. The number of methoxy groups -OCH3 is 1. The lowest BCUT2D eigenvalue weighted by Gasteiger charge is -2.20. The molecule has 0 heterocycles. The third kappa shape index (κ3) is 5.27. The second-order valence-corrected chi connectivity index (χ2v) is 4.89. The highest BCUT2D eigenvalue weighted by Gasteiger charge is 2.14. The molecule has 0 fully saturated rings. The summed E-state index contributed by atoms with van der Waals surface area (Å²) in [5.74, 6) is -0.336. The van der Waals surface area contributed by atoms with Gasteiger partial charge in [0, 0.05) is 11.0 Å². The van der Waals surface area contributed by atoms with Crippen molar-refractivity contribution in [3.05, 3.63) is 28.2 Å². The number of halogens is 1. The van der Waals surface area contributed by atoms with Crippen LogP contribution in [0, 0.1) is 0 Å². The Morgan fingerprint density at radius 1 is 1.26 bits per heavy atom. The van der Waals surface area contributed by atoms with E-state index in [0.29, 0.717) is 12.3 Å². The van der Waals surface area contributed by atoms with Crippen molar-refractivity contribution in [2.45, 2.75) is 6.54 Å². The molecule has 6 nitrogen and oxygen atoms in total. The molecule has 1 aromatic carbocycles. The lowest BCUT2D eigenvalue weighted by molar-refractivity contribution is -0.122. The summed E-state index contributed by atoms with van der Waals surface area (Å²) in [6.45, 7) is 0.294. The molecule has 0 aliphatic carbocycles. The average molecular weight is 330 g/mol. The van der Waals surface area contributed by atoms with E-state index in [1.807, 2.05) is 12.1 Å². The van der Waals surface area contributed by atoms with Crippen LogP contribution in [0.15, 0.2) is 22.7 Å². The van der Waals surface area contributed by atoms with Gasteiger partial charge in [0.25, 0.3) is 0 Å². The smallest absolute Gasteiger partial charge is 0.231 e. The molecule has 4 N–H and O–H groups in total. The van der Waals surface area contributed by atoms with Crippen LogP contribution in [0.25, 0.3) is 0 Å². The molecule has 19 heavy (non-hydrogen) atoms. The highest BCUT2D eigenvalue weighted by Crippen LogP contribution is 2.23. The number of rotatable bonds is 7. The normalized spacial score (nSPS) is 10.5. The molecule has 104 valence electrons. The standard InChI is InChI=1S/C12H16BrN3O3/c1-19-9-2-3-10(13)8(4-9)5-16(6-11(14)17)7-12(15)18/h2-4H,5-7H2,1H3,(H2,14,17)(H2,15,18). The number of hydrogen-bond acceptors (Lipinski definition) is 4. The van der Waals surface area contributed by atoms with Crippen LogP contribution in [0.5, 0.6) is 5.75 Å². The largest absolute Gasteiger partial charge is 0.497 e. The van der Waals surface area contributed by atoms with Gasteiger partial charge in [-0.1, -0.05) is 15.9 Å². The first-order valence-corrected chi connectivity index (χ1v) is 6.33. The molecule has 0 unspecified atom stereocenters. The van der Waals surface area contributed by atoms with Crippen LogP contribution >= 0.6 is 15.9 Å². The van der Waals surface area contributed by atoms with Crippen LogP contribution in [0.2, 0.25) is 0 Å². The number of nitrogens with zero attached hydrogens (tertiary/aromatic N) is 1. The zero-order valence-electron chi connectivity index (χ0n) is 10.6. The number of amides is 2. The molecule has 0 spiro atoms.